The Bertz CT molecular complexity index is 1340. The maximum Gasteiger partial charge on any atom is 0.0427 e. The average Bonchev–Trinajstić information content (AvgIpc) is 3.45. The van der Waals surface area contributed by atoms with Crippen molar-refractivity contribution in [1.29, 1.82) is 0 Å². The smallest absolute Gasteiger partial charge is 0.0427 e. The van der Waals surface area contributed by atoms with E-state index in [1.165, 1.54) is 35.3 Å². The van der Waals surface area contributed by atoms with Gasteiger partial charge in [0.25, 0.3) is 0 Å². The van der Waals surface area contributed by atoms with Gasteiger partial charge in [0.1, 0.15) is 0 Å². The summed E-state index contributed by atoms with van der Waals surface area (Å²) in [6.45, 7) is 7.81. The first-order chi connectivity index (χ1) is 19.3. The minimum atomic E-state index is 0.116. The molecular weight excluding hydrogens is 474 g/mol. The van der Waals surface area contributed by atoms with Crippen LogP contribution in [0.25, 0.3) is 0 Å². The van der Waals surface area contributed by atoms with Gasteiger partial charge in [-0.25, -0.2) is 0 Å². The molecule has 0 radical (unpaired) electrons. The second-order valence-corrected chi connectivity index (χ2v) is 12.1. The van der Waals surface area contributed by atoms with Gasteiger partial charge in [-0.3, -0.25) is 14.7 Å². The van der Waals surface area contributed by atoms with Crippen molar-refractivity contribution in [3.8, 4) is 0 Å². The number of hydrogen-bond acceptors (Lipinski definition) is 3. The first-order valence-corrected chi connectivity index (χ1v) is 14.6. The summed E-state index contributed by atoms with van der Waals surface area (Å²) in [4.78, 5) is 8.50. The number of fused-ring (bicyclic) bond motifs is 5. The normalized spacial score (nSPS) is 27.0. The number of nitrogens with zero attached hydrogens (tertiary/aromatic N) is 3. The van der Waals surface area contributed by atoms with E-state index in [9.17, 15) is 0 Å². The molecule has 3 saturated heterocycles. The third-order valence-corrected chi connectivity index (χ3v) is 9.59. The lowest BCUT2D eigenvalue weighted by molar-refractivity contribution is -0.0334. The van der Waals surface area contributed by atoms with Gasteiger partial charge in [0.05, 0.1) is 0 Å². The van der Waals surface area contributed by atoms with E-state index in [4.69, 9.17) is 0 Å². The molecule has 4 aromatic rings. The molecule has 0 saturated carbocycles. The lowest BCUT2D eigenvalue weighted by atomic mass is 9.77. The summed E-state index contributed by atoms with van der Waals surface area (Å²) in [5.41, 5.74) is 5.90. The van der Waals surface area contributed by atoms with Gasteiger partial charge in [0.2, 0.25) is 0 Å². The molecule has 4 aromatic carbocycles. The molecule has 0 aromatic heterocycles. The first-order valence-electron chi connectivity index (χ1n) is 14.6. The molecule has 7 rings (SSSR count). The topological polar surface area (TPSA) is 9.72 Å². The Hall–Kier alpha value is -3.24. The van der Waals surface area contributed by atoms with Crippen molar-refractivity contribution in [2.45, 2.75) is 37.6 Å². The number of rotatable bonds is 8. The van der Waals surface area contributed by atoms with Crippen LogP contribution in [0.15, 0.2) is 121 Å². The van der Waals surface area contributed by atoms with Crippen molar-refractivity contribution in [3.05, 3.63) is 144 Å². The molecule has 198 valence electrons. The van der Waals surface area contributed by atoms with Crippen LogP contribution in [0.5, 0.6) is 0 Å². The zero-order valence-electron chi connectivity index (χ0n) is 22.8. The Kier molecular flexibility index (Phi) is 6.82. The summed E-state index contributed by atoms with van der Waals surface area (Å²) in [5, 5.41) is 0. The van der Waals surface area contributed by atoms with Crippen LogP contribution in [0.1, 0.15) is 22.3 Å². The second-order valence-electron chi connectivity index (χ2n) is 12.1. The van der Waals surface area contributed by atoms with Crippen LogP contribution in [0.4, 0.5) is 0 Å². The van der Waals surface area contributed by atoms with Crippen LogP contribution >= 0.6 is 0 Å². The van der Waals surface area contributed by atoms with E-state index in [0.29, 0.717) is 17.9 Å². The maximum atomic E-state index is 2.96. The quantitative estimate of drug-likeness (QED) is 0.281. The Morgan fingerprint density at radius 2 is 1.00 bits per heavy atom. The Morgan fingerprint density at radius 1 is 0.513 bits per heavy atom. The summed E-state index contributed by atoms with van der Waals surface area (Å²) < 4.78 is 0. The maximum absolute atomic E-state index is 2.96. The summed E-state index contributed by atoms with van der Waals surface area (Å²) in [6.07, 6.45) is 1.11. The third-order valence-electron chi connectivity index (χ3n) is 9.59. The zero-order valence-corrected chi connectivity index (χ0v) is 22.8. The fourth-order valence-corrected chi connectivity index (χ4v) is 8.03. The number of likely N-dealkylation sites (tertiary alicyclic amines) is 2. The fourth-order valence-electron chi connectivity index (χ4n) is 8.03. The van der Waals surface area contributed by atoms with Crippen LogP contribution in [0, 0.1) is 11.8 Å². The van der Waals surface area contributed by atoms with Crippen molar-refractivity contribution >= 4 is 0 Å². The van der Waals surface area contributed by atoms with Crippen LogP contribution in [0.3, 0.4) is 0 Å². The summed E-state index contributed by atoms with van der Waals surface area (Å²) >= 11 is 0. The number of hydrogen-bond donors (Lipinski definition) is 0. The molecule has 39 heavy (non-hydrogen) atoms. The standard InChI is InChI=1S/C36H39N3/c1-5-13-29(14-6-1)21-36-28-38(23-31-17-9-3-10-18-31)27-35(39(36)24-32-19-11-4-12-20-32)33-25-37(26-34(33)36)22-30-15-7-2-8-16-30/h1-20,33-35H,21-28H2/t33-,34+,35-,36+/m0/s1. The predicted molar refractivity (Wildman–Crippen MR) is 159 cm³/mol. The molecule has 4 atom stereocenters. The molecule has 0 aliphatic carbocycles. The molecule has 3 aliphatic heterocycles. The first kappa shape index (κ1) is 24.8. The monoisotopic (exact) mass is 513 g/mol. The molecule has 0 amide bonds. The van der Waals surface area contributed by atoms with Gasteiger partial charge >= 0.3 is 0 Å². The molecule has 2 bridgehead atoms. The highest BCUT2D eigenvalue weighted by molar-refractivity contribution is 5.28. The minimum absolute atomic E-state index is 0.116. The third kappa shape index (κ3) is 4.96. The zero-order chi connectivity index (χ0) is 26.1. The summed E-state index contributed by atoms with van der Waals surface area (Å²) in [5.74, 6) is 1.36. The lowest BCUT2D eigenvalue weighted by Gasteiger charge is -2.52. The van der Waals surface area contributed by atoms with Crippen LogP contribution in [-0.4, -0.2) is 52.5 Å². The summed E-state index contributed by atoms with van der Waals surface area (Å²) in [6, 6.07) is 45.2. The van der Waals surface area contributed by atoms with Crippen LogP contribution < -0.4 is 0 Å². The molecule has 0 spiro atoms. The highest BCUT2D eigenvalue weighted by atomic mass is 15.4. The molecule has 0 N–H and O–H groups in total. The molecule has 3 heterocycles. The van der Waals surface area contributed by atoms with Gasteiger partial charge in [-0.05, 0) is 40.5 Å². The van der Waals surface area contributed by atoms with Crippen molar-refractivity contribution in [1.82, 2.24) is 14.7 Å². The average molecular weight is 514 g/mol. The highest BCUT2D eigenvalue weighted by Crippen LogP contribution is 2.53. The SMILES string of the molecule is c1ccc(CN2C[C@H]3[C@@H](C2)[C@@]2(Cc4ccccc4)CN(Cc4ccccc4)C[C@@H]3N2Cc2ccccc2)cc1. The number of benzene rings is 4. The Balaban J connectivity index is 1.25. The molecule has 3 fully saturated rings. The largest absolute Gasteiger partial charge is 0.298 e. The van der Waals surface area contributed by atoms with Gasteiger partial charge < -0.3 is 0 Å². The van der Waals surface area contributed by atoms with Crippen molar-refractivity contribution < 1.29 is 0 Å². The molecular formula is C36H39N3. The van der Waals surface area contributed by atoms with Gasteiger partial charge in [-0.15, -0.1) is 0 Å². The van der Waals surface area contributed by atoms with E-state index < -0.39 is 0 Å². The van der Waals surface area contributed by atoms with Gasteiger partial charge in [0.15, 0.2) is 0 Å². The van der Waals surface area contributed by atoms with E-state index in [2.05, 4.69) is 136 Å². The lowest BCUT2D eigenvalue weighted by Crippen LogP contribution is -2.64. The Morgan fingerprint density at radius 3 is 1.56 bits per heavy atom. The van der Waals surface area contributed by atoms with Crippen molar-refractivity contribution in [2.24, 2.45) is 11.8 Å². The van der Waals surface area contributed by atoms with E-state index in [1.807, 2.05) is 0 Å². The molecule has 0 unspecified atom stereocenters. The van der Waals surface area contributed by atoms with Gasteiger partial charge in [-0.2, -0.15) is 0 Å². The van der Waals surface area contributed by atoms with E-state index in [0.717, 1.165) is 39.1 Å². The summed E-state index contributed by atoms with van der Waals surface area (Å²) in [7, 11) is 0. The predicted octanol–water partition coefficient (Wildman–Crippen LogP) is 6.12. The molecule has 3 heteroatoms. The van der Waals surface area contributed by atoms with Crippen LogP contribution in [-0.2, 0) is 26.1 Å². The van der Waals surface area contributed by atoms with Gasteiger partial charge in [-0.1, -0.05) is 121 Å². The van der Waals surface area contributed by atoms with Crippen molar-refractivity contribution in [3.63, 3.8) is 0 Å². The minimum Gasteiger partial charge on any atom is -0.298 e. The second kappa shape index (κ2) is 10.7. The molecule has 3 nitrogen and oxygen atoms in total. The highest BCUT2D eigenvalue weighted by Gasteiger charge is 2.63. The van der Waals surface area contributed by atoms with Gasteiger partial charge in [0, 0.05) is 57.4 Å². The van der Waals surface area contributed by atoms with E-state index in [-0.39, 0.29) is 5.54 Å². The van der Waals surface area contributed by atoms with E-state index in [1.54, 1.807) is 0 Å². The van der Waals surface area contributed by atoms with E-state index >= 15 is 0 Å². The number of piperazine rings is 1. The fraction of sp³-hybridized carbons (Fsp3) is 0.333. The molecule has 3 aliphatic rings. The Labute approximate surface area is 233 Å². The van der Waals surface area contributed by atoms with Crippen molar-refractivity contribution in [2.75, 3.05) is 26.2 Å². The van der Waals surface area contributed by atoms with Crippen LogP contribution in [0.2, 0.25) is 0 Å².